The maximum absolute atomic E-state index is 6.43. The molecule has 0 aliphatic heterocycles. The van der Waals surface area contributed by atoms with E-state index in [1.807, 2.05) is 25.3 Å². The van der Waals surface area contributed by atoms with Crippen LogP contribution in [0.2, 0.25) is 5.02 Å². The van der Waals surface area contributed by atoms with Crippen molar-refractivity contribution in [3.05, 3.63) is 27.5 Å². The first-order valence-electron chi connectivity index (χ1n) is 8.92. The fraction of sp³-hybridized carbons (Fsp3) is 0.444. The lowest BCUT2D eigenvalue weighted by Crippen LogP contribution is -2.11. The molecular formula is C18H19ClN6S. The van der Waals surface area contributed by atoms with Crippen LogP contribution in [-0.4, -0.2) is 29.4 Å². The van der Waals surface area contributed by atoms with Gasteiger partial charge in [-0.3, -0.25) is 4.68 Å². The first-order chi connectivity index (χ1) is 12.6. The van der Waals surface area contributed by atoms with Crippen LogP contribution < -0.4 is 0 Å². The Bertz CT molecular complexity index is 1150. The van der Waals surface area contributed by atoms with Gasteiger partial charge in [-0.05, 0) is 37.7 Å². The molecule has 0 spiro atoms. The average Bonchev–Trinajstić information content (AvgIpc) is 3.30. The van der Waals surface area contributed by atoms with E-state index in [0.717, 1.165) is 40.3 Å². The van der Waals surface area contributed by atoms with Gasteiger partial charge in [-0.2, -0.15) is 5.10 Å². The van der Waals surface area contributed by atoms with E-state index in [2.05, 4.69) is 22.1 Å². The summed E-state index contributed by atoms with van der Waals surface area (Å²) in [5.41, 5.74) is 3.80. The van der Waals surface area contributed by atoms with Gasteiger partial charge < -0.3 is 0 Å². The van der Waals surface area contributed by atoms with Gasteiger partial charge in [-0.15, -0.1) is 16.4 Å². The summed E-state index contributed by atoms with van der Waals surface area (Å²) in [6.45, 7) is 4.22. The highest BCUT2D eigenvalue weighted by Crippen LogP contribution is 2.39. The molecule has 0 saturated heterocycles. The lowest BCUT2D eigenvalue weighted by molar-refractivity contribution is 0.451. The van der Waals surface area contributed by atoms with E-state index in [1.165, 1.54) is 23.3 Å². The Balaban J connectivity index is 1.72. The number of thiophene rings is 1. The van der Waals surface area contributed by atoms with Crippen LogP contribution >= 0.6 is 22.9 Å². The highest BCUT2D eigenvalue weighted by Gasteiger charge is 2.25. The zero-order valence-corrected chi connectivity index (χ0v) is 16.5. The van der Waals surface area contributed by atoms with Gasteiger partial charge in [0.25, 0.3) is 0 Å². The van der Waals surface area contributed by atoms with Crippen LogP contribution in [0.5, 0.6) is 0 Å². The van der Waals surface area contributed by atoms with Crippen LogP contribution in [0.25, 0.3) is 27.4 Å². The molecule has 0 aromatic carbocycles. The van der Waals surface area contributed by atoms with Crippen LogP contribution in [0.4, 0.5) is 0 Å². The van der Waals surface area contributed by atoms with Crippen LogP contribution in [0.1, 0.15) is 35.9 Å². The molecule has 0 radical (unpaired) electrons. The maximum Gasteiger partial charge on any atom is 0.204 e. The molecule has 0 saturated carbocycles. The molecule has 0 fully saturated rings. The van der Waals surface area contributed by atoms with E-state index in [1.54, 1.807) is 15.5 Å². The second-order valence-corrected chi connectivity index (χ2v) is 8.48. The van der Waals surface area contributed by atoms with Gasteiger partial charge in [0.2, 0.25) is 5.82 Å². The number of rotatable bonds is 2. The van der Waals surface area contributed by atoms with Crippen molar-refractivity contribution >= 4 is 38.8 Å². The van der Waals surface area contributed by atoms with Crippen LogP contribution in [-0.2, 0) is 19.9 Å². The van der Waals surface area contributed by atoms with Gasteiger partial charge in [-0.25, -0.2) is 14.5 Å². The highest BCUT2D eigenvalue weighted by molar-refractivity contribution is 7.19. The van der Waals surface area contributed by atoms with Gasteiger partial charge in [0.05, 0.1) is 16.1 Å². The van der Waals surface area contributed by atoms with E-state index < -0.39 is 0 Å². The number of aromatic nitrogens is 6. The topological polar surface area (TPSA) is 60.9 Å². The molecule has 134 valence electrons. The maximum atomic E-state index is 6.43. The summed E-state index contributed by atoms with van der Waals surface area (Å²) in [5, 5.41) is 10.8. The van der Waals surface area contributed by atoms with E-state index in [4.69, 9.17) is 16.6 Å². The molecule has 0 N–H and O–H groups in total. The van der Waals surface area contributed by atoms with Gasteiger partial charge >= 0.3 is 0 Å². The van der Waals surface area contributed by atoms with Crippen molar-refractivity contribution < 1.29 is 0 Å². The molecule has 1 atom stereocenters. The summed E-state index contributed by atoms with van der Waals surface area (Å²) in [6, 6.07) is 0. The predicted octanol–water partition coefficient (Wildman–Crippen LogP) is 4.22. The van der Waals surface area contributed by atoms with Crippen molar-refractivity contribution in [2.24, 2.45) is 13.0 Å². The molecular weight excluding hydrogens is 368 g/mol. The number of fused-ring (bicyclic) bond motifs is 5. The largest absolute Gasteiger partial charge is 0.271 e. The lowest BCUT2D eigenvalue weighted by atomic mass is 9.86. The van der Waals surface area contributed by atoms with Crippen molar-refractivity contribution in [2.45, 2.75) is 39.5 Å². The summed E-state index contributed by atoms with van der Waals surface area (Å²) >= 11 is 8.24. The second kappa shape index (κ2) is 5.76. The Hall–Kier alpha value is -1.99. The second-order valence-electron chi connectivity index (χ2n) is 7.02. The molecule has 4 aromatic rings. The molecule has 8 heteroatoms. The smallest absolute Gasteiger partial charge is 0.204 e. The minimum absolute atomic E-state index is 0.551. The zero-order valence-electron chi connectivity index (χ0n) is 15.0. The monoisotopic (exact) mass is 386 g/mol. The van der Waals surface area contributed by atoms with E-state index >= 15 is 0 Å². The SMILES string of the molecule is CCC1CCc2c(sc3ncn4nc(-c5nn(C)c(C)c5Cl)nc4c23)C1. The molecule has 4 heterocycles. The van der Waals surface area contributed by atoms with E-state index in [9.17, 15) is 0 Å². The number of hydrogen-bond donors (Lipinski definition) is 0. The Morgan fingerprint density at radius 1 is 1.35 bits per heavy atom. The number of nitrogens with zero attached hydrogens (tertiary/aromatic N) is 6. The molecule has 6 nitrogen and oxygen atoms in total. The average molecular weight is 387 g/mol. The summed E-state index contributed by atoms with van der Waals surface area (Å²) in [6.07, 6.45) is 6.48. The zero-order chi connectivity index (χ0) is 18.0. The van der Waals surface area contributed by atoms with Crippen LogP contribution in [0.15, 0.2) is 6.33 Å². The summed E-state index contributed by atoms with van der Waals surface area (Å²) in [4.78, 5) is 12.0. The highest BCUT2D eigenvalue weighted by atomic mass is 35.5. The third kappa shape index (κ3) is 2.23. The Labute approximate surface area is 159 Å². The molecule has 0 amide bonds. The van der Waals surface area contributed by atoms with Crippen molar-refractivity contribution in [3.8, 4) is 11.5 Å². The Kier molecular flexibility index (Phi) is 3.59. The first kappa shape index (κ1) is 16.2. The summed E-state index contributed by atoms with van der Waals surface area (Å²) in [7, 11) is 1.87. The van der Waals surface area contributed by atoms with Gasteiger partial charge in [0, 0.05) is 11.9 Å². The minimum atomic E-state index is 0.551. The molecule has 1 unspecified atom stereocenters. The lowest BCUT2D eigenvalue weighted by Gasteiger charge is -2.20. The van der Waals surface area contributed by atoms with Gasteiger partial charge in [0.15, 0.2) is 11.3 Å². The molecule has 26 heavy (non-hydrogen) atoms. The quantitative estimate of drug-likeness (QED) is 0.517. The standard InChI is InChI=1S/C18H19ClN6S/c1-4-10-5-6-11-12(7-10)26-18-13(11)17-21-16(23-25(17)8-20-18)15-14(19)9(2)24(3)22-15/h8,10H,4-7H2,1-3H3. The number of halogens is 1. The molecule has 0 bridgehead atoms. The fourth-order valence-electron chi connectivity index (χ4n) is 3.82. The van der Waals surface area contributed by atoms with Crippen molar-refractivity contribution in [1.29, 1.82) is 0 Å². The Morgan fingerprint density at radius 2 is 2.19 bits per heavy atom. The summed E-state index contributed by atoms with van der Waals surface area (Å²) in [5.74, 6) is 1.34. The van der Waals surface area contributed by atoms with Crippen LogP contribution in [0, 0.1) is 12.8 Å². The predicted molar refractivity (Wildman–Crippen MR) is 104 cm³/mol. The fourth-order valence-corrected chi connectivity index (χ4v) is 5.36. The third-order valence-electron chi connectivity index (χ3n) is 5.54. The van der Waals surface area contributed by atoms with Crippen molar-refractivity contribution in [3.63, 3.8) is 0 Å². The third-order valence-corrected chi connectivity index (χ3v) is 7.15. The van der Waals surface area contributed by atoms with Crippen molar-refractivity contribution in [2.75, 3.05) is 0 Å². The normalized spacial score (nSPS) is 17.3. The van der Waals surface area contributed by atoms with Crippen LogP contribution in [0.3, 0.4) is 0 Å². The first-order valence-corrected chi connectivity index (χ1v) is 10.1. The minimum Gasteiger partial charge on any atom is -0.271 e. The van der Waals surface area contributed by atoms with E-state index in [-0.39, 0.29) is 0 Å². The van der Waals surface area contributed by atoms with Gasteiger partial charge in [-0.1, -0.05) is 24.9 Å². The molecule has 1 aliphatic carbocycles. The summed E-state index contributed by atoms with van der Waals surface area (Å²) < 4.78 is 3.52. The molecule has 4 aromatic heterocycles. The van der Waals surface area contributed by atoms with Gasteiger partial charge in [0.1, 0.15) is 11.2 Å². The van der Waals surface area contributed by atoms with E-state index in [0.29, 0.717) is 16.5 Å². The number of aryl methyl sites for hydroxylation is 2. The molecule has 5 rings (SSSR count). The number of hydrogen-bond acceptors (Lipinski definition) is 5. The van der Waals surface area contributed by atoms with Crippen molar-refractivity contribution in [1.82, 2.24) is 29.4 Å². The molecule has 1 aliphatic rings. The Morgan fingerprint density at radius 3 is 2.92 bits per heavy atom.